The number of rotatable bonds is 9. The molecule has 0 aliphatic rings. The number of anilines is 4. The van der Waals surface area contributed by atoms with Crippen molar-refractivity contribution in [3.8, 4) is 5.75 Å². The number of ether oxygens (including phenoxy) is 1. The standard InChI is InChI=1S/C21H24ClN5O2/c1-27(2)13-17(28)14-29-18-10-8-16(9-11-18)25-21-23-12-19(22)20(26-21)24-15-6-4-3-5-7-15/h3-12,17,28H,13-14H2,1-2H3,(H2,23,24,25,26). The van der Waals surface area contributed by atoms with Crippen LogP contribution < -0.4 is 15.4 Å². The van der Waals surface area contributed by atoms with Gasteiger partial charge in [0.05, 0.1) is 6.20 Å². The van der Waals surface area contributed by atoms with Crippen LogP contribution in [0.1, 0.15) is 0 Å². The smallest absolute Gasteiger partial charge is 0.229 e. The van der Waals surface area contributed by atoms with E-state index in [1.54, 1.807) is 6.20 Å². The van der Waals surface area contributed by atoms with E-state index >= 15 is 0 Å². The molecule has 1 atom stereocenters. The number of para-hydroxylation sites is 1. The molecule has 0 aliphatic heterocycles. The summed E-state index contributed by atoms with van der Waals surface area (Å²) in [6.45, 7) is 0.784. The van der Waals surface area contributed by atoms with Gasteiger partial charge in [0, 0.05) is 17.9 Å². The van der Waals surface area contributed by atoms with Crippen LogP contribution in [0.2, 0.25) is 5.02 Å². The second-order valence-electron chi connectivity index (χ2n) is 6.76. The van der Waals surface area contributed by atoms with Gasteiger partial charge in [0.15, 0.2) is 5.82 Å². The summed E-state index contributed by atoms with van der Waals surface area (Å²) in [5, 5.41) is 16.6. The first kappa shape index (κ1) is 20.9. The van der Waals surface area contributed by atoms with Crippen molar-refractivity contribution in [2.75, 3.05) is 37.9 Å². The van der Waals surface area contributed by atoms with Crippen molar-refractivity contribution in [1.29, 1.82) is 0 Å². The van der Waals surface area contributed by atoms with Crippen LogP contribution in [-0.4, -0.2) is 53.3 Å². The zero-order valence-electron chi connectivity index (χ0n) is 16.3. The fourth-order valence-electron chi connectivity index (χ4n) is 2.60. The summed E-state index contributed by atoms with van der Waals surface area (Å²) in [7, 11) is 3.81. The van der Waals surface area contributed by atoms with Gasteiger partial charge in [-0.3, -0.25) is 0 Å². The summed E-state index contributed by atoms with van der Waals surface area (Å²) in [6.07, 6.45) is 1.01. The Labute approximate surface area is 175 Å². The number of halogens is 1. The van der Waals surface area contributed by atoms with Gasteiger partial charge in [-0.15, -0.1) is 0 Å². The summed E-state index contributed by atoms with van der Waals surface area (Å²) < 4.78 is 5.61. The monoisotopic (exact) mass is 413 g/mol. The van der Waals surface area contributed by atoms with Crippen molar-refractivity contribution in [2.24, 2.45) is 0 Å². The minimum Gasteiger partial charge on any atom is -0.491 e. The molecule has 3 aromatic rings. The average Bonchev–Trinajstić information content (AvgIpc) is 2.70. The molecule has 0 saturated carbocycles. The number of benzene rings is 2. The molecule has 0 spiro atoms. The average molecular weight is 414 g/mol. The van der Waals surface area contributed by atoms with Crippen molar-refractivity contribution in [1.82, 2.24) is 14.9 Å². The van der Waals surface area contributed by atoms with Gasteiger partial charge in [0.1, 0.15) is 23.5 Å². The Morgan fingerprint density at radius 2 is 1.72 bits per heavy atom. The Kier molecular flexibility index (Phi) is 7.24. The van der Waals surface area contributed by atoms with Gasteiger partial charge in [0.2, 0.25) is 5.95 Å². The van der Waals surface area contributed by atoms with Crippen molar-refractivity contribution in [3.63, 3.8) is 0 Å². The normalized spacial score (nSPS) is 11.9. The predicted molar refractivity (Wildman–Crippen MR) is 117 cm³/mol. The Morgan fingerprint density at radius 3 is 2.41 bits per heavy atom. The van der Waals surface area contributed by atoms with Crippen LogP contribution >= 0.6 is 11.6 Å². The van der Waals surface area contributed by atoms with Crippen LogP contribution in [0.5, 0.6) is 5.75 Å². The first-order chi connectivity index (χ1) is 14.0. The van der Waals surface area contributed by atoms with Crippen molar-refractivity contribution < 1.29 is 9.84 Å². The van der Waals surface area contributed by atoms with Gasteiger partial charge in [-0.05, 0) is 50.5 Å². The molecule has 3 N–H and O–H groups in total. The van der Waals surface area contributed by atoms with E-state index in [4.69, 9.17) is 16.3 Å². The molecule has 0 amide bonds. The second kappa shape index (κ2) is 10.1. The highest BCUT2D eigenvalue weighted by atomic mass is 35.5. The van der Waals surface area contributed by atoms with Gasteiger partial charge in [-0.1, -0.05) is 29.8 Å². The van der Waals surface area contributed by atoms with Gasteiger partial charge in [0.25, 0.3) is 0 Å². The lowest BCUT2D eigenvalue weighted by Gasteiger charge is -2.16. The van der Waals surface area contributed by atoms with Gasteiger partial charge < -0.3 is 25.4 Å². The van der Waals surface area contributed by atoms with Crippen LogP contribution in [0.15, 0.2) is 60.8 Å². The lowest BCUT2D eigenvalue weighted by Crippen LogP contribution is -2.30. The van der Waals surface area contributed by atoms with Gasteiger partial charge in [-0.2, -0.15) is 4.98 Å². The first-order valence-corrected chi connectivity index (χ1v) is 9.54. The number of likely N-dealkylation sites (N-methyl/N-ethyl adjacent to an activating group) is 1. The Bertz CT molecular complexity index is 907. The molecule has 1 unspecified atom stereocenters. The molecule has 0 fully saturated rings. The van der Waals surface area contributed by atoms with E-state index in [0.717, 1.165) is 11.4 Å². The Balaban J connectivity index is 1.60. The van der Waals surface area contributed by atoms with Crippen LogP contribution in [-0.2, 0) is 0 Å². The molecule has 3 rings (SSSR count). The van der Waals surface area contributed by atoms with E-state index in [9.17, 15) is 5.11 Å². The van der Waals surface area contributed by atoms with E-state index in [-0.39, 0.29) is 6.61 Å². The van der Waals surface area contributed by atoms with Crippen LogP contribution in [0, 0.1) is 0 Å². The summed E-state index contributed by atoms with van der Waals surface area (Å²) in [5.74, 6) is 1.62. The number of nitrogens with one attached hydrogen (secondary N) is 2. The molecule has 0 bridgehead atoms. The Morgan fingerprint density at radius 1 is 1.03 bits per heavy atom. The molecule has 0 saturated heterocycles. The lowest BCUT2D eigenvalue weighted by atomic mass is 10.3. The van der Waals surface area contributed by atoms with Crippen LogP contribution in [0.25, 0.3) is 0 Å². The molecule has 8 heteroatoms. The molecular formula is C21H24ClN5O2. The summed E-state index contributed by atoms with van der Waals surface area (Å²) in [4.78, 5) is 10.6. The number of hydrogen-bond donors (Lipinski definition) is 3. The minimum absolute atomic E-state index is 0.236. The molecule has 0 aliphatic carbocycles. The molecule has 1 aromatic heterocycles. The van der Waals surface area contributed by atoms with Crippen molar-refractivity contribution in [3.05, 3.63) is 65.8 Å². The summed E-state index contributed by atoms with van der Waals surface area (Å²) in [6, 6.07) is 17.0. The zero-order valence-corrected chi connectivity index (χ0v) is 17.1. The van der Waals surface area contributed by atoms with Crippen LogP contribution in [0.3, 0.4) is 0 Å². The Hall–Kier alpha value is -2.87. The van der Waals surface area contributed by atoms with E-state index < -0.39 is 6.10 Å². The van der Waals surface area contributed by atoms with E-state index in [1.807, 2.05) is 73.6 Å². The lowest BCUT2D eigenvalue weighted by molar-refractivity contribution is 0.0831. The number of aliphatic hydroxyl groups is 1. The largest absolute Gasteiger partial charge is 0.491 e. The van der Waals surface area contributed by atoms with E-state index in [1.165, 1.54) is 0 Å². The molecule has 2 aromatic carbocycles. The molecule has 0 radical (unpaired) electrons. The van der Waals surface area contributed by atoms with E-state index in [2.05, 4.69) is 20.6 Å². The third kappa shape index (κ3) is 6.60. The zero-order chi connectivity index (χ0) is 20.6. The number of aliphatic hydroxyl groups excluding tert-OH is 1. The highest BCUT2D eigenvalue weighted by Gasteiger charge is 2.08. The third-order valence-corrected chi connectivity index (χ3v) is 4.19. The SMILES string of the molecule is CN(C)CC(O)COc1ccc(Nc2ncc(Cl)c(Nc3ccccc3)n2)cc1. The van der Waals surface area contributed by atoms with Gasteiger partial charge >= 0.3 is 0 Å². The van der Waals surface area contributed by atoms with Gasteiger partial charge in [-0.25, -0.2) is 4.98 Å². The maximum absolute atomic E-state index is 9.87. The quantitative estimate of drug-likeness (QED) is 0.490. The van der Waals surface area contributed by atoms with Crippen LogP contribution in [0.4, 0.5) is 23.1 Å². The van der Waals surface area contributed by atoms with Crippen molar-refractivity contribution >= 4 is 34.7 Å². The maximum atomic E-state index is 9.87. The predicted octanol–water partition coefficient (Wildman–Crippen LogP) is 3.92. The first-order valence-electron chi connectivity index (χ1n) is 9.17. The molecule has 152 valence electrons. The minimum atomic E-state index is -0.541. The number of hydrogen-bond acceptors (Lipinski definition) is 7. The summed E-state index contributed by atoms with van der Waals surface area (Å²) >= 11 is 6.21. The fourth-order valence-corrected chi connectivity index (χ4v) is 2.74. The maximum Gasteiger partial charge on any atom is 0.229 e. The molecule has 1 heterocycles. The van der Waals surface area contributed by atoms with E-state index in [0.29, 0.717) is 29.1 Å². The molecular weight excluding hydrogens is 390 g/mol. The fraction of sp³-hybridized carbons (Fsp3) is 0.238. The summed E-state index contributed by atoms with van der Waals surface area (Å²) in [5.41, 5.74) is 1.69. The molecule has 29 heavy (non-hydrogen) atoms. The highest BCUT2D eigenvalue weighted by molar-refractivity contribution is 6.32. The topological polar surface area (TPSA) is 82.5 Å². The highest BCUT2D eigenvalue weighted by Crippen LogP contribution is 2.25. The number of nitrogens with zero attached hydrogens (tertiary/aromatic N) is 3. The third-order valence-electron chi connectivity index (χ3n) is 3.91. The van der Waals surface area contributed by atoms with Crippen molar-refractivity contribution in [2.45, 2.75) is 6.10 Å². The molecule has 7 nitrogen and oxygen atoms in total. The second-order valence-corrected chi connectivity index (χ2v) is 7.16. The number of aromatic nitrogens is 2.